The lowest BCUT2D eigenvalue weighted by molar-refractivity contribution is 1.07. The van der Waals surface area contributed by atoms with Crippen LogP contribution in [-0.2, 0) is 0 Å². The van der Waals surface area contributed by atoms with Gasteiger partial charge in [-0.3, -0.25) is 0 Å². The van der Waals surface area contributed by atoms with Gasteiger partial charge in [0.25, 0.3) is 0 Å². The molecular weight excluding hydrogens is 194 g/mol. The average Bonchev–Trinajstić information content (AvgIpc) is 2.21. The van der Waals surface area contributed by atoms with Crippen LogP contribution in [0.15, 0.2) is 12.4 Å². The molecule has 3 nitrogen and oxygen atoms in total. The second-order valence-electron chi connectivity index (χ2n) is 2.77. The Kier molecular flexibility index (Phi) is 4.87. The van der Waals surface area contributed by atoms with E-state index < -0.39 is 0 Å². The highest BCUT2D eigenvalue weighted by Gasteiger charge is 1.93. The van der Waals surface area contributed by atoms with Gasteiger partial charge in [0.2, 0.25) is 5.95 Å². The smallest absolute Gasteiger partial charge is 0.222 e. The number of hydrogen-bond acceptors (Lipinski definition) is 4. The number of hydrogen-bond donors (Lipinski definition) is 1. The summed E-state index contributed by atoms with van der Waals surface area (Å²) in [5, 5.41) is 3.12. The van der Waals surface area contributed by atoms with E-state index in [0.29, 0.717) is 5.95 Å². The number of aryl methyl sites for hydroxylation is 1. The predicted octanol–water partition coefficient (Wildman–Crippen LogP) is 1.56. The van der Waals surface area contributed by atoms with Gasteiger partial charge in [-0.05, 0) is 12.5 Å². The van der Waals surface area contributed by atoms with Crippen molar-refractivity contribution in [2.24, 2.45) is 0 Å². The summed E-state index contributed by atoms with van der Waals surface area (Å²) < 4.78 is 0. The molecule has 0 saturated carbocycles. The van der Waals surface area contributed by atoms with Crippen molar-refractivity contribution in [2.75, 3.05) is 23.4 Å². The summed E-state index contributed by atoms with van der Waals surface area (Å²) in [6.45, 7) is 2.81. The summed E-state index contributed by atoms with van der Waals surface area (Å²) >= 11 is 1.72. The van der Waals surface area contributed by atoms with Crippen molar-refractivity contribution < 1.29 is 0 Å². The fourth-order valence-electron chi connectivity index (χ4n) is 0.850. The molecule has 0 aliphatic heterocycles. The SMILES string of the molecule is C#CCSCCNc1ncc(C)cn1. The van der Waals surface area contributed by atoms with E-state index in [1.165, 1.54) is 0 Å². The number of thioether (sulfide) groups is 1. The fraction of sp³-hybridized carbons (Fsp3) is 0.400. The van der Waals surface area contributed by atoms with Gasteiger partial charge in [-0.2, -0.15) is 0 Å². The van der Waals surface area contributed by atoms with E-state index in [2.05, 4.69) is 21.2 Å². The van der Waals surface area contributed by atoms with E-state index in [9.17, 15) is 0 Å². The molecule has 14 heavy (non-hydrogen) atoms. The van der Waals surface area contributed by atoms with E-state index in [-0.39, 0.29) is 0 Å². The van der Waals surface area contributed by atoms with Crippen LogP contribution in [0.2, 0.25) is 0 Å². The lowest BCUT2D eigenvalue weighted by Crippen LogP contribution is -2.07. The first-order valence-corrected chi connectivity index (χ1v) is 5.52. The first-order valence-electron chi connectivity index (χ1n) is 4.36. The number of terminal acetylenes is 1. The largest absolute Gasteiger partial charge is 0.353 e. The molecular formula is C10H13N3S. The third-order valence-corrected chi connectivity index (χ3v) is 2.36. The van der Waals surface area contributed by atoms with Crippen LogP contribution in [0.3, 0.4) is 0 Å². The standard InChI is InChI=1S/C10H13N3S/c1-3-5-14-6-4-11-10-12-7-9(2)8-13-10/h1,7-8H,4-6H2,2H3,(H,11,12,13). The maximum absolute atomic E-state index is 5.12. The van der Waals surface area contributed by atoms with Crippen LogP contribution in [0.25, 0.3) is 0 Å². The zero-order valence-electron chi connectivity index (χ0n) is 8.16. The Balaban J connectivity index is 2.19. The van der Waals surface area contributed by atoms with E-state index in [0.717, 1.165) is 23.6 Å². The summed E-state index contributed by atoms with van der Waals surface area (Å²) in [6, 6.07) is 0. The highest BCUT2D eigenvalue weighted by atomic mass is 32.2. The van der Waals surface area contributed by atoms with Crippen LogP contribution in [0.5, 0.6) is 0 Å². The molecule has 1 rings (SSSR count). The molecule has 0 spiro atoms. The van der Waals surface area contributed by atoms with Crippen LogP contribution >= 0.6 is 11.8 Å². The average molecular weight is 207 g/mol. The molecule has 0 atom stereocenters. The van der Waals surface area contributed by atoms with Crippen molar-refractivity contribution in [3.8, 4) is 12.3 Å². The monoisotopic (exact) mass is 207 g/mol. The maximum atomic E-state index is 5.12. The quantitative estimate of drug-likeness (QED) is 0.587. The number of aromatic nitrogens is 2. The van der Waals surface area contributed by atoms with E-state index in [4.69, 9.17) is 6.42 Å². The molecule has 74 valence electrons. The number of anilines is 1. The normalized spacial score (nSPS) is 9.43. The summed E-state index contributed by atoms with van der Waals surface area (Å²) in [4.78, 5) is 8.25. The van der Waals surface area contributed by atoms with Gasteiger partial charge in [0, 0.05) is 24.7 Å². The number of rotatable bonds is 5. The van der Waals surface area contributed by atoms with Gasteiger partial charge in [-0.25, -0.2) is 9.97 Å². The van der Waals surface area contributed by atoms with Crippen molar-refractivity contribution in [3.63, 3.8) is 0 Å². The van der Waals surface area contributed by atoms with Gasteiger partial charge in [0.05, 0.1) is 5.75 Å². The Labute approximate surface area is 88.7 Å². The Morgan fingerprint density at radius 3 is 2.86 bits per heavy atom. The first-order chi connectivity index (χ1) is 6.83. The molecule has 0 amide bonds. The van der Waals surface area contributed by atoms with Gasteiger partial charge in [-0.15, -0.1) is 18.2 Å². The predicted molar refractivity (Wildman–Crippen MR) is 61.4 cm³/mol. The molecule has 0 bridgehead atoms. The molecule has 1 aromatic rings. The summed E-state index contributed by atoms with van der Waals surface area (Å²) in [5.41, 5.74) is 1.07. The fourth-order valence-corrected chi connectivity index (χ4v) is 1.36. The lowest BCUT2D eigenvalue weighted by atomic mass is 10.4. The number of nitrogens with zero attached hydrogens (tertiary/aromatic N) is 2. The summed E-state index contributed by atoms with van der Waals surface area (Å²) in [6.07, 6.45) is 8.71. The summed E-state index contributed by atoms with van der Waals surface area (Å²) in [5.74, 6) is 4.99. The van der Waals surface area contributed by atoms with Gasteiger partial charge in [-0.1, -0.05) is 5.92 Å². The minimum absolute atomic E-state index is 0.678. The molecule has 1 aromatic heterocycles. The molecule has 0 aliphatic rings. The maximum Gasteiger partial charge on any atom is 0.222 e. The molecule has 0 aliphatic carbocycles. The Morgan fingerprint density at radius 2 is 2.21 bits per heavy atom. The number of nitrogens with one attached hydrogen (secondary N) is 1. The van der Waals surface area contributed by atoms with E-state index >= 15 is 0 Å². The summed E-state index contributed by atoms with van der Waals surface area (Å²) in [7, 11) is 0. The highest BCUT2D eigenvalue weighted by Crippen LogP contribution is 2.00. The van der Waals surface area contributed by atoms with Crippen molar-refractivity contribution in [1.82, 2.24) is 9.97 Å². The third-order valence-electron chi connectivity index (χ3n) is 1.50. The molecule has 0 radical (unpaired) electrons. The van der Waals surface area contributed by atoms with Crippen LogP contribution < -0.4 is 5.32 Å². The molecule has 1 heterocycles. The van der Waals surface area contributed by atoms with Crippen LogP contribution in [-0.4, -0.2) is 28.0 Å². The van der Waals surface area contributed by atoms with Gasteiger partial charge < -0.3 is 5.32 Å². The van der Waals surface area contributed by atoms with Crippen molar-refractivity contribution >= 4 is 17.7 Å². The van der Waals surface area contributed by atoms with E-state index in [1.807, 2.05) is 6.92 Å². The molecule has 0 saturated heterocycles. The second-order valence-corrected chi connectivity index (χ2v) is 3.87. The highest BCUT2D eigenvalue weighted by molar-refractivity contribution is 7.99. The van der Waals surface area contributed by atoms with Crippen LogP contribution in [0, 0.1) is 19.3 Å². The Morgan fingerprint density at radius 1 is 1.50 bits per heavy atom. The minimum Gasteiger partial charge on any atom is -0.353 e. The van der Waals surface area contributed by atoms with Crippen molar-refractivity contribution in [2.45, 2.75) is 6.92 Å². The first kappa shape index (κ1) is 10.9. The molecule has 0 unspecified atom stereocenters. The second kappa shape index (κ2) is 6.28. The molecule has 4 heteroatoms. The van der Waals surface area contributed by atoms with Crippen molar-refractivity contribution in [3.05, 3.63) is 18.0 Å². The Hall–Kier alpha value is -1.21. The van der Waals surface area contributed by atoms with Gasteiger partial charge in [0.1, 0.15) is 0 Å². The van der Waals surface area contributed by atoms with Gasteiger partial charge >= 0.3 is 0 Å². The zero-order valence-corrected chi connectivity index (χ0v) is 8.97. The van der Waals surface area contributed by atoms with Crippen LogP contribution in [0.4, 0.5) is 5.95 Å². The topological polar surface area (TPSA) is 37.8 Å². The molecule has 0 fully saturated rings. The lowest BCUT2D eigenvalue weighted by Gasteiger charge is -2.02. The zero-order chi connectivity index (χ0) is 10.2. The van der Waals surface area contributed by atoms with Gasteiger partial charge in [0.15, 0.2) is 0 Å². The van der Waals surface area contributed by atoms with E-state index in [1.54, 1.807) is 24.2 Å². The minimum atomic E-state index is 0.678. The van der Waals surface area contributed by atoms with Crippen molar-refractivity contribution in [1.29, 1.82) is 0 Å². The Bertz CT molecular complexity index is 302. The third kappa shape index (κ3) is 4.15. The molecule has 1 N–H and O–H groups in total. The molecule has 0 aromatic carbocycles. The van der Waals surface area contributed by atoms with Crippen LogP contribution in [0.1, 0.15) is 5.56 Å².